The predicted octanol–water partition coefficient (Wildman–Crippen LogP) is 3.79. The van der Waals surface area contributed by atoms with Gasteiger partial charge in [0.15, 0.2) is 4.96 Å². The van der Waals surface area contributed by atoms with Gasteiger partial charge < -0.3 is 0 Å². The van der Waals surface area contributed by atoms with Crippen LogP contribution in [-0.2, 0) is 25.7 Å². The van der Waals surface area contributed by atoms with Crippen LogP contribution < -0.4 is 0 Å². The van der Waals surface area contributed by atoms with E-state index in [-0.39, 0.29) is 0 Å². The Bertz CT molecular complexity index is 593. The predicted molar refractivity (Wildman–Crippen MR) is 75.5 cm³/mol. The second-order valence-electron chi connectivity index (χ2n) is 5.82. The van der Waals surface area contributed by atoms with Gasteiger partial charge in [-0.1, -0.05) is 13.3 Å². The Morgan fingerprint density at radius 1 is 1.22 bits per heavy atom. The summed E-state index contributed by atoms with van der Waals surface area (Å²) in [6, 6.07) is 0. The van der Waals surface area contributed by atoms with Crippen LogP contribution in [0.25, 0.3) is 4.96 Å². The lowest BCUT2D eigenvalue weighted by molar-refractivity contribution is 0.434. The van der Waals surface area contributed by atoms with Crippen molar-refractivity contribution in [3.63, 3.8) is 0 Å². The SMILES string of the molecule is CCC1CCc2nc3sc4c(n3c2C1)CCCC4. The van der Waals surface area contributed by atoms with E-state index in [0.29, 0.717) is 0 Å². The highest BCUT2D eigenvalue weighted by molar-refractivity contribution is 7.17. The van der Waals surface area contributed by atoms with E-state index in [0.717, 1.165) is 5.92 Å². The number of aromatic nitrogens is 2. The molecule has 1 atom stereocenters. The summed E-state index contributed by atoms with van der Waals surface area (Å²) < 4.78 is 2.54. The summed E-state index contributed by atoms with van der Waals surface area (Å²) in [5, 5.41) is 0. The fourth-order valence-corrected chi connectivity index (χ4v) is 4.86. The van der Waals surface area contributed by atoms with E-state index in [1.54, 1.807) is 16.3 Å². The molecular formula is C15H20N2S. The maximum absolute atomic E-state index is 4.91. The zero-order chi connectivity index (χ0) is 12.1. The maximum Gasteiger partial charge on any atom is 0.194 e. The number of imidazole rings is 1. The highest BCUT2D eigenvalue weighted by atomic mass is 32.1. The third-order valence-electron chi connectivity index (χ3n) is 4.75. The summed E-state index contributed by atoms with van der Waals surface area (Å²) in [4.78, 5) is 7.81. The van der Waals surface area contributed by atoms with Crippen LogP contribution in [0.3, 0.4) is 0 Å². The van der Waals surface area contributed by atoms with Gasteiger partial charge in [0.2, 0.25) is 0 Å². The van der Waals surface area contributed by atoms with Crippen LogP contribution in [0.4, 0.5) is 0 Å². The molecule has 0 amide bonds. The molecule has 2 aromatic rings. The number of aryl methyl sites for hydroxylation is 3. The minimum absolute atomic E-state index is 0.886. The number of hydrogen-bond donors (Lipinski definition) is 0. The second-order valence-corrected chi connectivity index (χ2v) is 6.88. The molecule has 0 radical (unpaired) electrons. The largest absolute Gasteiger partial charge is 0.291 e. The first kappa shape index (κ1) is 11.0. The molecule has 2 aromatic heterocycles. The Kier molecular flexibility index (Phi) is 2.51. The van der Waals surface area contributed by atoms with Crippen LogP contribution in [0.2, 0.25) is 0 Å². The third-order valence-corrected chi connectivity index (χ3v) is 5.89. The van der Waals surface area contributed by atoms with Gasteiger partial charge in [-0.3, -0.25) is 4.40 Å². The Hall–Kier alpha value is -0.830. The van der Waals surface area contributed by atoms with E-state index in [9.17, 15) is 0 Å². The van der Waals surface area contributed by atoms with Gasteiger partial charge in [-0.2, -0.15) is 0 Å². The summed E-state index contributed by atoms with van der Waals surface area (Å²) in [6.07, 6.45) is 10.4. The Labute approximate surface area is 112 Å². The van der Waals surface area contributed by atoms with E-state index in [1.165, 1.54) is 62.0 Å². The highest BCUT2D eigenvalue weighted by Gasteiger charge is 2.26. The molecular weight excluding hydrogens is 240 g/mol. The molecule has 2 aliphatic rings. The molecule has 1 unspecified atom stereocenters. The van der Waals surface area contributed by atoms with Crippen LogP contribution >= 0.6 is 11.3 Å². The van der Waals surface area contributed by atoms with Crippen molar-refractivity contribution in [1.29, 1.82) is 0 Å². The molecule has 0 saturated heterocycles. The van der Waals surface area contributed by atoms with E-state index >= 15 is 0 Å². The molecule has 0 bridgehead atoms. The molecule has 96 valence electrons. The molecule has 3 heteroatoms. The molecule has 0 aromatic carbocycles. The first-order chi connectivity index (χ1) is 8.86. The Morgan fingerprint density at radius 2 is 2.11 bits per heavy atom. The van der Waals surface area contributed by atoms with Gasteiger partial charge in [0, 0.05) is 16.3 Å². The molecule has 18 heavy (non-hydrogen) atoms. The summed E-state index contributed by atoms with van der Waals surface area (Å²) >= 11 is 1.95. The minimum Gasteiger partial charge on any atom is -0.291 e. The van der Waals surface area contributed by atoms with Gasteiger partial charge in [-0.15, -0.1) is 11.3 Å². The lowest BCUT2D eigenvalue weighted by atomic mass is 9.88. The van der Waals surface area contributed by atoms with Crippen molar-refractivity contribution in [2.45, 2.75) is 58.3 Å². The average Bonchev–Trinajstić information content (AvgIpc) is 2.93. The number of thiazole rings is 1. The standard InChI is InChI=1S/C15H20N2S/c1-2-10-7-8-11-13(9-10)17-12-5-3-4-6-14(12)18-15(17)16-11/h10H,2-9H2,1H3. The quantitative estimate of drug-likeness (QED) is 0.762. The van der Waals surface area contributed by atoms with E-state index < -0.39 is 0 Å². The second kappa shape index (κ2) is 4.09. The molecule has 2 nitrogen and oxygen atoms in total. The van der Waals surface area contributed by atoms with Gasteiger partial charge >= 0.3 is 0 Å². The lowest BCUT2D eigenvalue weighted by Crippen LogP contribution is -2.16. The summed E-state index contributed by atoms with van der Waals surface area (Å²) in [7, 11) is 0. The molecule has 0 saturated carbocycles. The van der Waals surface area contributed by atoms with Gasteiger partial charge in [0.1, 0.15) is 0 Å². The van der Waals surface area contributed by atoms with E-state index in [4.69, 9.17) is 4.98 Å². The average molecular weight is 260 g/mol. The van der Waals surface area contributed by atoms with E-state index in [2.05, 4.69) is 11.3 Å². The van der Waals surface area contributed by atoms with Gasteiger partial charge in [-0.05, 0) is 50.9 Å². The summed E-state index contributed by atoms with van der Waals surface area (Å²) in [6.45, 7) is 2.33. The highest BCUT2D eigenvalue weighted by Crippen LogP contribution is 2.35. The molecule has 2 heterocycles. The molecule has 4 rings (SSSR count). The summed E-state index contributed by atoms with van der Waals surface area (Å²) in [5.41, 5.74) is 4.56. The smallest absolute Gasteiger partial charge is 0.194 e. The van der Waals surface area contributed by atoms with Gasteiger partial charge in [-0.25, -0.2) is 4.98 Å². The molecule has 0 spiro atoms. The fourth-order valence-electron chi connectivity index (χ4n) is 3.61. The Balaban J connectivity index is 1.89. The molecule has 0 N–H and O–H groups in total. The van der Waals surface area contributed by atoms with Crippen molar-refractivity contribution in [3.05, 3.63) is 22.0 Å². The van der Waals surface area contributed by atoms with E-state index in [1.807, 2.05) is 11.3 Å². The van der Waals surface area contributed by atoms with Crippen molar-refractivity contribution >= 4 is 16.3 Å². The zero-order valence-corrected chi connectivity index (χ0v) is 11.9. The molecule has 2 aliphatic carbocycles. The van der Waals surface area contributed by atoms with Crippen LogP contribution in [0.5, 0.6) is 0 Å². The van der Waals surface area contributed by atoms with Crippen LogP contribution in [0.1, 0.15) is 54.6 Å². The van der Waals surface area contributed by atoms with Crippen LogP contribution in [-0.4, -0.2) is 9.38 Å². The number of hydrogen-bond acceptors (Lipinski definition) is 2. The summed E-state index contributed by atoms with van der Waals surface area (Å²) in [5.74, 6) is 0.886. The molecule has 0 aliphatic heterocycles. The number of fused-ring (bicyclic) bond motifs is 5. The van der Waals surface area contributed by atoms with Crippen molar-refractivity contribution in [2.75, 3.05) is 0 Å². The lowest BCUT2D eigenvalue weighted by Gasteiger charge is -2.21. The third kappa shape index (κ3) is 1.49. The first-order valence-corrected chi connectivity index (χ1v) is 8.19. The first-order valence-electron chi connectivity index (χ1n) is 7.37. The number of nitrogens with zero attached hydrogens (tertiary/aromatic N) is 2. The Morgan fingerprint density at radius 3 is 3.00 bits per heavy atom. The number of rotatable bonds is 1. The van der Waals surface area contributed by atoms with Crippen LogP contribution in [0.15, 0.2) is 0 Å². The zero-order valence-electron chi connectivity index (χ0n) is 11.0. The van der Waals surface area contributed by atoms with Crippen molar-refractivity contribution < 1.29 is 0 Å². The van der Waals surface area contributed by atoms with Gasteiger partial charge in [0.05, 0.1) is 5.69 Å². The molecule has 0 fully saturated rings. The minimum atomic E-state index is 0.886. The fraction of sp³-hybridized carbons (Fsp3) is 0.667. The normalized spacial score (nSPS) is 23.1. The van der Waals surface area contributed by atoms with Crippen molar-refractivity contribution in [1.82, 2.24) is 9.38 Å². The monoisotopic (exact) mass is 260 g/mol. The van der Waals surface area contributed by atoms with Crippen molar-refractivity contribution in [3.8, 4) is 0 Å². The van der Waals surface area contributed by atoms with Crippen molar-refractivity contribution in [2.24, 2.45) is 5.92 Å². The maximum atomic E-state index is 4.91. The van der Waals surface area contributed by atoms with Gasteiger partial charge in [0.25, 0.3) is 0 Å². The van der Waals surface area contributed by atoms with Crippen LogP contribution in [0, 0.1) is 5.92 Å². The topological polar surface area (TPSA) is 17.3 Å².